The molecule has 2 aromatic heterocycles. The Morgan fingerprint density at radius 1 is 1.00 bits per heavy atom. The van der Waals surface area contributed by atoms with Crippen LogP contribution >= 0.6 is 50.2 Å². The molecule has 0 saturated heterocycles. The summed E-state index contributed by atoms with van der Waals surface area (Å²) in [5, 5.41) is 16.1. The Morgan fingerprint density at radius 2 is 1.65 bits per heavy atom. The van der Waals surface area contributed by atoms with E-state index in [0.717, 1.165) is 27.1 Å². The molecule has 0 aliphatic heterocycles. The number of sulfone groups is 1. The van der Waals surface area contributed by atoms with Crippen molar-refractivity contribution in [1.82, 2.24) is 0 Å². The van der Waals surface area contributed by atoms with E-state index in [-0.39, 0.29) is 25.2 Å². The van der Waals surface area contributed by atoms with Crippen molar-refractivity contribution < 1.29 is 23.1 Å². The Morgan fingerprint density at radius 3 is 2.26 bits per heavy atom. The summed E-state index contributed by atoms with van der Waals surface area (Å²) in [4.78, 5) is 25.3. The minimum Gasteiger partial charge on any atom is -0.478 e. The van der Waals surface area contributed by atoms with Crippen LogP contribution in [0.2, 0.25) is 5.02 Å². The number of carbonyl (C=O) groups excluding carboxylic acids is 1. The molecule has 0 bridgehead atoms. The summed E-state index contributed by atoms with van der Waals surface area (Å²) in [5.41, 5.74) is 1.44. The van der Waals surface area contributed by atoms with Gasteiger partial charge in [-0.3, -0.25) is 4.79 Å². The van der Waals surface area contributed by atoms with Crippen LogP contribution in [0.3, 0.4) is 0 Å². The van der Waals surface area contributed by atoms with Gasteiger partial charge in [-0.2, -0.15) is 0 Å². The van der Waals surface area contributed by atoms with E-state index in [1.165, 1.54) is 29.6 Å². The summed E-state index contributed by atoms with van der Waals surface area (Å²) in [6.45, 7) is 1.55. The number of amides is 1. The smallest absolute Gasteiger partial charge is 0.339 e. The van der Waals surface area contributed by atoms with Crippen LogP contribution in [0.25, 0.3) is 11.1 Å². The fraction of sp³-hybridized carbons (Fsp3) is 0.0435. The Kier molecular flexibility index (Phi) is 6.97. The van der Waals surface area contributed by atoms with Crippen molar-refractivity contribution in [2.24, 2.45) is 0 Å². The van der Waals surface area contributed by atoms with Crippen molar-refractivity contribution in [3.63, 3.8) is 0 Å². The highest BCUT2D eigenvalue weighted by molar-refractivity contribution is 9.10. The molecule has 0 fully saturated rings. The highest BCUT2D eigenvalue weighted by Crippen LogP contribution is 2.37. The normalized spacial score (nSPS) is 11.4. The van der Waals surface area contributed by atoms with E-state index >= 15 is 0 Å². The van der Waals surface area contributed by atoms with Crippen LogP contribution in [0.4, 0.5) is 5.00 Å². The average molecular weight is 597 g/mol. The largest absolute Gasteiger partial charge is 0.478 e. The number of rotatable bonds is 6. The van der Waals surface area contributed by atoms with Gasteiger partial charge in [-0.05, 0) is 54.4 Å². The van der Waals surface area contributed by atoms with Crippen LogP contribution in [0.15, 0.2) is 73.6 Å². The van der Waals surface area contributed by atoms with Gasteiger partial charge in [0.05, 0.1) is 14.7 Å². The first-order valence-electron chi connectivity index (χ1n) is 9.60. The third kappa shape index (κ3) is 4.69. The predicted octanol–water partition coefficient (Wildman–Crippen LogP) is 6.98. The fourth-order valence-electron chi connectivity index (χ4n) is 3.29. The molecule has 174 valence electrons. The Labute approximate surface area is 216 Å². The van der Waals surface area contributed by atoms with Crippen LogP contribution in [-0.4, -0.2) is 25.4 Å². The van der Waals surface area contributed by atoms with Gasteiger partial charge in [0.15, 0.2) is 0 Å². The molecule has 0 aliphatic carbocycles. The minimum absolute atomic E-state index is 0.0187. The van der Waals surface area contributed by atoms with E-state index in [1.54, 1.807) is 36.6 Å². The number of thiophene rings is 2. The Hall–Kier alpha value is -2.50. The molecule has 2 N–H and O–H groups in total. The van der Waals surface area contributed by atoms with Gasteiger partial charge in [-0.1, -0.05) is 39.7 Å². The van der Waals surface area contributed by atoms with Crippen molar-refractivity contribution in [2.45, 2.75) is 16.7 Å². The monoisotopic (exact) mass is 595 g/mol. The maximum atomic E-state index is 13.0. The quantitative estimate of drug-likeness (QED) is 0.250. The van der Waals surface area contributed by atoms with Gasteiger partial charge < -0.3 is 10.4 Å². The summed E-state index contributed by atoms with van der Waals surface area (Å²) < 4.78 is 26.9. The number of benzene rings is 2. The number of hydrogen-bond acceptors (Lipinski definition) is 6. The minimum atomic E-state index is -3.85. The van der Waals surface area contributed by atoms with Crippen molar-refractivity contribution >= 4 is 76.9 Å². The maximum Gasteiger partial charge on any atom is 0.339 e. The van der Waals surface area contributed by atoms with Crippen LogP contribution in [0.5, 0.6) is 0 Å². The molecule has 0 spiro atoms. The summed E-state index contributed by atoms with van der Waals surface area (Å²) in [6.07, 6.45) is 0. The molecule has 0 atom stereocenters. The lowest BCUT2D eigenvalue weighted by molar-refractivity contribution is 0.0699. The first kappa shape index (κ1) is 24.6. The Balaban J connectivity index is 1.66. The number of hydrogen-bond donors (Lipinski definition) is 2. The molecule has 0 saturated carbocycles. The molecule has 2 heterocycles. The second kappa shape index (κ2) is 9.63. The molecule has 4 rings (SSSR count). The first-order chi connectivity index (χ1) is 16.1. The zero-order valence-corrected chi connectivity index (χ0v) is 22.1. The number of halogens is 2. The maximum absolute atomic E-state index is 13.0. The van der Waals surface area contributed by atoms with Gasteiger partial charge in [0.2, 0.25) is 9.84 Å². The highest BCUT2D eigenvalue weighted by Gasteiger charge is 2.27. The molecular formula is C23H15BrClNO5S3. The number of carboxylic acids is 1. The lowest BCUT2D eigenvalue weighted by atomic mass is 10.0. The van der Waals surface area contributed by atoms with Gasteiger partial charge in [0.25, 0.3) is 5.91 Å². The summed E-state index contributed by atoms with van der Waals surface area (Å²) >= 11 is 11.3. The third-order valence-electron chi connectivity index (χ3n) is 5.00. The van der Waals surface area contributed by atoms with Gasteiger partial charge >= 0.3 is 5.97 Å². The molecule has 6 nitrogen and oxygen atoms in total. The lowest BCUT2D eigenvalue weighted by Crippen LogP contribution is -2.14. The van der Waals surface area contributed by atoms with Crippen LogP contribution in [0.1, 0.15) is 25.6 Å². The topological polar surface area (TPSA) is 101 Å². The molecular weight excluding hydrogens is 582 g/mol. The zero-order chi connectivity index (χ0) is 24.6. The number of aromatic carboxylic acids is 1. The average Bonchev–Trinajstić information content (AvgIpc) is 3.38. The van der Waals surface area contributed by atoms with E-state index in [1.807, 2.05) is 0 Å². The van der Waals surface area contributed by atoms with Crippen molar-refractivity contribution in [3.8, 4) is 11.1 Å². The zero-order valence-electron chi connectivity index (χ0n) is 17.3. The third-order valence-corrected chi connectivity index (χ3v) is 9.80. The highest BCUT2D eigenvalue weighted by atomic mass is 79.9. The van der Waals surface area contributed by atoms with Crippen molar-refractivity contribution in [2.75, 3.05) is 5.32 Å². The van der Waals surface area contributed by atoms with E-state index in [4.69, 9.17) is 11.6 Å². The lowest BCUT2D eigenvalue weighted by Gasteiger charge is -2.07. The van der Waals surface area contributed by atoms with E-state index < -0.39 is 21.7 Å². The van der Waals surface area contributed by atoms with Gasteiger partial charge in [-0.15, -0.1) is 22.7 Å². The number of carbonyl (C=O) groups is 2. The molecule has 1 amide bonds. The summed E-state index contributed by atoms with van der Waals surface area (Å²) in [7, 11) is -3.85. The second-order valence-corrected chi connectivity index (χ2v) is 12.2. The summed E-state index contributed by atoms with van der Waals surface area (Å²) in [6, 6.07) is 12.9. The number of nitrogens with one attached hydrogen (secondary N) is 1. The van der Waals surface area contributed by atoms with Crippen molar-refractivity contribution in [3.05, 3.63) is 84.8 Å². The standard InChI is InChI=1S/C23H15BrClNO5S3/c1-12-18(34(30,31)16-8-6-15(25)7-9-16)11-32-20(12)21(27)26-22-19(23(28)29)17(10-33-22)13-2-4-14(24)5-3-13/h2-11H,1H3,(H,26,27)(H,28,29). The van der Waals surface area contributed by atoms with Gasteiger partial charge in [0.1, 0.15) is 10.6 Å². The van der Waals surface area contributed by atoms with Gasteiger partial charge in [0, 0.05) is 25.8 Å². The molecule has 0 radical (unpaired) electrons. The van der Waals surface area contributed by atoms with Crippen LogP contribution in [-0.2, 0) is 9.84 Å². The molecule has 34 heavy (non-hydrogen) atoms. The molecule has 0 aliphatic rings. The van der Waals surface area contributed by atoms with Crippen molar-refractivity contribution in [1.29, 1.82) is 0 Å². The molecule has 0 unspecified atom stereocenters. The Bertz CT molecular complexity index is 1510. The molecule has 4 aromatic rings. The fourth-order valence-corrected chi connectivity index (χ4v) is 7.46. The van der Waals surface area contributed by atoms with Crippen LogP contribution in [0, 0.1) is 6.92 Å². The number of carboxylic acid groups (broad SMARTS) is 1. The predicted molar refractivity (Wildman–Crippen MR) is 138 cm³/mol. The SMILES string of the molecule is Cc1c(S(=O)(=O)c2ccc(Cl)cc2)csc1C(=O)Nc1scc(-c2ccc(Br)cc2)c1C(=O)O. The van der Waals surface area contributed by atoms with E-state index in [9.17, 15) is 23.1 Å². The first-order valence-corrected chi connectivity index (χ1v) is 14.0. The van der Waals surface area contributed by atoms with E-state index in [0.29, 0.717) is 21.7 Å². The molecule has 2 aromatic carbocycles. The summed E-state index contributed by atoms with van der Waals surface area (Å²) in [5.74, 6) is -1.75. The number of anilines is 1. The second-order valence-electron chi connectivity index (χ2n) is 7.13. The molecule has 11 heteroatoms. The van der Waals surface area contributed by atoms with Crippen LogP contribution < -0.4 is 5.32 Å². The van der Waals surface area contributed by atoms with Gasteiger partial charge in [-0.25, -0.2) is 13.2 Å². The van der Waals surface area contributed by atoms with E-state index in [2.05, 4.69) is 21.2 Å².